The lowest BCUT2D eigenvalue weighted by atomic mass is 9.89. The highest BCUT2D eigenvalue weighted by Gasteiger charge is 2.25. The van der Waals surface area contributed by atoms with Crippen LogP contribution in [-0.2, 0) is 21.2 Å². The molecule has 1 aromatic heterocycles. The van der Waals surface area contributed by atoms with E-state index in [4.69, 9.17) is 4.74 Å². The lowest BCUT2D eigenvalue weighted by molar-refractivity contribution is -0.137. The summed E-state index contributed by atoms with van der Waals surface area (Å²) < 4.78 is 31.0. The predicted octanol–water partition coefficient (Wildman–Crippen LogP) is 7.44. The van der Waals surface area contributed by atoms with E-state index in [0.717, 1.165) is 22.3 Å². The van der Waals surface area contributed by atoms with Crippen molar-refractivity contribution >= 4 is 50.7 Å². The van der Waals surface area contributed by atoms with Gasteiger partial charge in [0, 0.05) is 15.6 Å². The van der Waals surface area contributed by atoms with Gasteiger partial charge in [0.2, 0.25) is 0 Å². The number of hydrogen-bond acceptors (Lipinski definition) is 5. The van der Waals surface area contributed by atoms with Crippen LogP contribution in [0.3, 0.4) is 0 Å². The van der Waals surface area contributed by atoms with Crippen LogP contribution in [0.2, 0.25) is 0 Å². The van der Waals surface area contributed by atoms with E-state index in [1.165, 1.54) is 27.0 Å². The fraction of sp³-hybridized carbons (Fsp3) is 0.303. The molecule has 0 saturated carbocycles. The molecule has 4 aromatic rings. The van der Waals surface area contributed by atoms with Crippen LogP contribution in [-0.4, -0.2) is 31.0 Å². The van der Waals surface area contributed by atoms with Gasteiger partial charge in [-0.05, 0) is 84.0 Å². The number of hydrogen-bond donors (Lipinski definition) is 1. The summed E-state index contributed by atoms with van der Waals surface area (Å²) in [6, 6.07) is 20.5. The Kier molecular flexibility index (Phi) is 9.85. The summed E-state index contributed by atoms with van der Waals surface area (Å²) >= 11 is 1.71. The van der Waals surface area contributed by atoms with Crippen LogP contribution < -0.4 is 4.74 Å². The molecule has 1 aliphatic rings. The second kappa shape index (κ2) is 13.2. The maximum absolute atomic E-state index is 11.8. The molecule has 1 N–H and O–H groups in total. The molecule has 1 aliphatic heterocycles. The Bertz CT molecular complexity index is 1700. The second-order valence-electron chi connectivity index (χ2n) is 10.4. The molecule has 5 nitrogen and oxygen atoms in total. The second-order valence-corrected chi connectivity index (χ2v) is 13.6. The summed E-state index contributed by atoms with van der Waals surface area (Å²) in [4.78, 5) is 11.2. The molecule has 3 aromatic carbocycles. The zero-order valence-corrected chi connectivity index (χ0v) is 25.8. The summed E-state index contributed by atoms with van der Waals surface area (Å²) in [6.07, 6.45) is 1.37. The normalized spacial score (nSPS) is 15.4. The largest absolute Gasteiger partial charge is 0.489 e. The fourth-order valence-electron chi connectivity index (χ4n) is 5.39. The number of aliphatic carboxylic acids is 1. The zero-order chi connectivity index (χ0) is 28.3. The summed E-state index contributed by atoms with van der Waals surface area (Å²) in [5, 5.41) is 12.5. The smallest absolute Gasteiger partial charge is 0.304 e. The van der Waals surface area contributed by atoms with Gasteiger partial charge in [0.25, 0.3) is 0 Å². The number of aryl methyl sites for hydroxylation is 1. The van der Waals surface area contributed by atoms with Gasteiger partial charge in [-0.25, -0.2) is 8.42 Å². The van der Waals surface area contributed by atoms with Crippen molar-refractivity contribution in [3.05, 3.63) is 88.3 Å². The van der Waals surface area contributed by atoms with Gasteiger partial charge in [0.15, 0.2) is 0 Å². The quantitative estimate of drug-likeness (QED) is 0.211. The van der Waals surface area contributed by atoms with Crippen molar-refractivity contribution in [2.75, 3.05) is 11.5 Å². The number of carbonyl (C=O) groups is 1. The van der Waals surface area contributed by atoms with E-state index in [0.29, 0.717) is 25.4 Å². The zero-order valence-electron chi connectivity index (χ0n) is 23.1. The van der Waals surface area contributed by atoms with E-state index in [9.17, 15) is 18.3 Å². The molecular formula is C33H34O5S3. The number of sulfone groups is 1. The average molecular weight is 607 g/mol. The fourth-order valence-corrected chi connectivity index (χ4v) is 7.82. The molecule has 1 fully saturated rings. The summed E-state index contributed by atoms with van der Waals surface area (Å²) in [5.41, 5.74) is 6.64. The third-order valence-electron chi connectivity index (χ3n) is 7.60. The molecule has 0 unspecified atom stereocenters. The van der Waals surface area contributed by atoms with Crippen molar-refractivity contribution in [2.45, 2.75) is 51.6 Å². The van der Waals surface area contributed by atoms with Crippen LogP contribution in [0, 0.1) is 18.8 Å². The first-order chi connectivity index (χ1) is 19.2. The van der Waals surface area contributed by atoms with Gasteiger partial charge in [-0.1, -0.05) is 48.4 Å². The summed E-state index contributed by atoms with van der Waals surface area (Å²) in [6.45, 7) is 4.25. The highest BCUT2D eigenvalue weighted by molar-refractivity contribution is 7.91. The van der Waals surface area contributed by atoms with Crippen LogP contribution in [0.1, 0.15) is 60.3 Å². The number of thiophene rings is 1. The molecule has 2 heterocycles. The highest BCUT2D eigenvalue weighted by atomic mass is 32.2. The van der Waals surface area contributed by atoms with Gasteiger partial charge in [-0.2, -0.15) is 13.5 Å². The van der Waals surface area contributed by atoms with Crippen molar-refractivity contribution in [1.29, 1.82) is 0 Å². The Labute approximate surface area is 252 Å². The van der Waals surface area contributed by atoms with E-state index in [1.807, 2.05) is 30.3 Å². The molecule has 0 bridgehead atoms. The number of carboxylic acid groups (broad SMARTS) is 1. The first-order valence-electron chi connectivity index (χ1n) is 13.4. The maximum atomic E-state index is 11.8. The van der Waals surface area contributed by atoms with Crippen molar-refractivity contribution in [2.24, 2.45) is 0 Å². The Balaban J connectivity index is 0.00000387. The van der Waals surface area contributed by atoms with E-state index in [-0.39, 0.29) is 37.3 Å². The lowest BCUT2D eigenvalue weighted by Crippen LogP contribution is -2.22. The van der Waals surface area contributed by atoms with Gasteiger partial charge in [0.1, 0.15) is 22.2 Å². The molecule has 1 saturated heterocycles. The highest BCUT2D eigenvalue weighted by Crippen LogP contribution is 2.39. The monoisotopic (exact) mass is 606 g/mol. The van der Waals surface area contributed by atoms with Crippen LogP contribution in [0.15, 0.2) is 66.0 Å². The van der Waals surface area contributed by atoms with Gasteiger partial charge in [-0.15, -0.1) is 17.3 Å². The van der Waals surface area contributed by atoms with E-state index >= 15 is 0 Å². The molecule has 41 heavy (non-hydrogen) atoms. The van der Waals surface area contributed by atoms with Crippen LogP contribution in [0.4, 0.5) is 0 Å². The van der Waals surface area contributed by atoms with Crippen molar-refractivity contribution in [3.8, 4) is 28.7 Å². The predicted molar refractivity (Wildman–Crippen MR) is 172 cm³/mol. The first kappa shape index (κ1) is 30.7. The summed E-state index contributed by atoms with van der Waals surface area (Å²) in [7, 11) is -2.88. The molecular weight excluding hydrogens is 573 g/mol. The number of rotatable bonds is 8. The molecule has 0 radical (unpaired) electrons. The molecule has 1 atom stereocenters. The standard InChI is InChI=1S/C33H32O5S2.H2S/c1-3-4-26(18-33(34)35)24-7-5-23(6-8-24)20-38-28-10-12-32-30(19-28)31(21-39-32)29-11-9-27(17-22(29)2)25-13-15-40(36,37)16-14-25;/h5-12,17,19,21,25-26H,13-16,18,20H2,1-2H3,(H,34,35);1H2/t26-;/m0./s1. The summed E-state index contributed by atoms with van der Waals surface area (Å²) in [5.74, 6) is 6.26. The minimum atomic E-state index is -2.88. The Morgan fingerprint density at radius 2 is 1.78 bits per heavy atom. The average Bonchev–Trinajstić information content (AvgIpc) is 3.35. The van der Waals surface area contributed by atoms with Crippen molar-refractivity contribution in [1.82, 2.24) is 0 Å². The number of carboxylic acids is 1. The Hall–Kier alpha value is -3.25. The van der Waals surface area contributed by atoms with Crippen LogP contribution >= 0.6 is 24.8 Å². The van der Waals surface area contributed by atoms with Gasteiger partial charge in [-0.3, -0.25) is 4.79 Å². The van der Waals surface area contributed by atoms with E-state index in [1.54, 1.807) is 18.3 Å². The molecule has 0 amide bonds. The van der Waals surface area contributed by atoms with E-state index in [2.05, 4.69) is 54.5 Å². The maximum Gasteiger partial charge on any atom is 0.304 e. The topological polar surface area (TPSA) is 80.7 Å². The van der Waals surface area contributed by atoms with Crippen LogP contribution in [0.25, 0.3) is 21.2 Å². The Morgan fingerprint density at radius 1 is 1.05 bits per heavy atom. The molecule has 0 spiro atoms. The minimum Gasteiger partial charge on any atom is -0.489 e. The van der Waals surface area contributed by atoms with Crippen molar-refractivity contribution in [3.63, 3.8) is 0 Å². The molecule has 5 rings (SSSR count). The molecule has 8 heteroatoms. The third-order valence-corrected chi connectivity index (χ3v) is 10.3. The third kappa shape index (κ3) is 7.34. The minimum absolute atomic E-state index is 0. The van der Waals surface area contributed by atoms with Gasteiger partial charge < -0.3 is 9.84 Å². The SMILES string of the molecule is CC#C[C@@H](CC(=O)O)c1ccc(COc2ccc3scc(-c4ccc(C5CCS(=O)(=O)CC5)cc4C)c3c2)cc1.S. The number of fused-ring (bicyclic) bond motifs is 1. The number of ether oxygens (including phenoxy) is 1. The van der Waals surface area contributed by atoms with E-state index < -0.39 is 15.8 Å². The molecule has 0 aliphatic carbocycles. The Morgan fingerprint density at radius 3 is 2.44 bits per heavy atom. The molecule has 214 valence electrons. The van der Waals surface area contributed by atoms with Crippen molar-refractivity contribution < 1.29 is 23.1 Å². The number of benzene rings is 3. The lowest BCUT2D eigenvalue weighted by Gasteiger charge is -2.23. The van der Waals surface area contributed by atoms with Crippen LogP contribution in [0.5, 0.6) is 5.75 Å². The first-order valence-corrected chi connectivity index (χ1v) is 16.1. The van der Waals surface area contributed by atoms with Gasteiger partial charge >= 0.3 is 5.97 Å². The van der Waals surface area contributed by atoms with Gasteiger partial charge in [0.05, 0.1) is 23.8 Å².